The second-order valence-electron chi connectivity index (χ2n) is 15.9. The first-order valence-corrected chi connectivity index (χ1v) is 20.1. The molecule has 4 amide bonds. The highest BCUT2D eigenvalue weighted by Crippen LogP contribution is 2.65. The van der Waals surface area contributed by atoms with Crippen molar-refractivity contribution in [1.29, 1.82) is 0 Å². The molecule has 7 aromatic rings. The molecule has 0 unspecified atom stereocenters. The highest BCUT2D eigenvalue weighted by atomic mass is 35.5. The SMILES string of the molecule is O=C1[C@H]2[C@H](CC=C3[C@H]2C[C@H]2C(=O)N(c4cccc(Cl)c4)C(=O)[C@@]2(c2ccccc2)[C@H]3c2ccc3ccccc3c2O)C(=O)N1c1ccc(-c2nc3ccccc3o2)cc1. The van der Waals surface area contributed by atoms with E-state index in [0.717, 1.165) is 16.5 Å². The number of carbonyl (C=O) groups is 4. The van der Waals surface area contributed by atoms with E-state index < -0.39 is 46.8 Å². The van der Waals surface area contributed by atoms with Crippen molar-refractivity contribution in [3.05, 3.63) is 167 Å². The molecule has 1 N–H and O–H groups in total. The molecule has 3 heterocycles. The van der Waals surface area contributed by atoms with E-state index in [0.29, 0.717) is 49.9 Å². The third-order valence-electron chi connectivity index (χ3n) is 13.1. The second-order valence-corrected chi connectivity index (χ2v) is 16.3. The second kappa shape index (κ2) is 13.1. The number of imide groups is 2. The number of nitrogens with zero attached hydrogens (tertiary/aromatic N) is 3. The van der Waals surface area contributed by atoms with Gasteiger partial charge in [0.15, 0.2) is 5.58 Å². The lowest BCUT2D eigenvalue weighted by molar-refractivity contribution is -0.127. The number of para-hydroxylation sites is 2. The van der Waals surface area contributed by atoms with Crippen LogP contribution < -0.4 is 9.80 Å². The van der Waals surface area contributed by atoms with Gasteiger partial charge in [-0.05, 0) is 84.3 Å². The molecule has 10 heteroatoms. The summed E-state index contributed by atoms with van der Waals surface area (Å²) in [6.07, 6.45) is 2.38. The number of amides is 4. The van der Waals surface area contributed by atoms with Crippen LogP contribution in [0.4, 0.5) is 11.4 Å². The topological polar surface area (TPSA) is 121 Å². The van der Waals surface area contributed by atoms with Crippen molar-refractivity contribution in [3.63, 3.8) is 0 Å². The number of phenols is 1. The largest absolute Gasteiger partial charge is 0.507 e. The lowest BCUT2D eigenvalue weighted by Crippen LogP contribution is -2.53. The van der Waals surface area contributed by atoms with Crippen LogP contribution in [-0.4, -0.2) is 33.7 Å². The molecule has 2 saturated heterocycles. The van der Waals surface area contributed by atoms with E-state index >= 15 is 9.59 Å². The Morgan fingerprint density at radius 2 is 1.47 bits per heavy atom. The number of aromatic hydroxyl groups is 1. The van der Waals surface area contributed by atoms with Gasteiger partial charge in [-0.25, -0.2) is 9.88 Å². The molecule has 0 radical (unpaired) electrons. The van der Waals surface area contributed by atoms with Crippen LogP contribution in [0.1, 0.15) is 29.9 Å². The lowest BCUT2D eigenvalue weighted by Gasteiger charge is -2.50. The Morgan fingerprint density at radius 1 is 0.712 bits per heavy atom. The van der Waals surface area contributed by atoms with Crippen LogP contribution in [0.25, 0.3) is 33.3 Å². The van der Waals surface area contributed by atoms with Crippen LogP contribution in [0.5, 0.6) is 5.75 Å². The fraction of sp³-hybridized carbons (Fsp3) is 0.163. The quantitative estimate of drug-likeness (QED) is 0.136. The molecular formula is C49H34ClN3O6. The van der Waals surface area contributed by atoms with Gasteiger partial charge in [0.1, 0.15) is 11.3 Å². The third-order valence-corrected chi connectivity index (χ3v) is 13.3. The molecule has 6 atom stereocenters. The van der Waals surface area contributed by atoms with Crippen LogP contribution >= 0.6 is 11.6 Å². The maximum atomic E-state index is 15.6. The summed E-state index contributed by atoms with van der Waals surface area (Å²) in [5.41, 5.74) is 3.19. The Morgan fingerprint density at radius 3 is 2.27 bits per heavy atom. The van der Waals surface area contributed by atoms with E-state index in [9.17, 15) is 14.7 Å². The molecule has 0 bridgehead atoms. The zero-order valence-electron chi connectivity index (χ0n) is 31.4. The van der Waals surface area contributed by atoms with E-state index in [-0.39, 0.29) is 30.4 Å². The normalized spacial score (nSPS) is 25.0. The summed E-state index contributed by atoms with van der Waals surface area (Å²) in [4.78, 5) is 67.1. The van der Waals surface area contributed by atoms with Crippen molar-refractivity contribution < 1.29 is 28.7 Å². The van der Waals surface area contributed by atoms with Crippen molar-refractivity contribution in [3.8, 4) is 17.2 Å². The Balaban J connectivity index is 1.06. The maximum absolute atomic E-state index is 15.6. The van der Waals surface area contributed by atoms with Gasteiger partial charge in [0.05, 0.1) is 34.5 Å². The molecule has 6 aromatic carbocycles. The number of aromatic nitrogens is 1. The smallest absolute Gasteiger partial charge is 0.246 e. The number of hydrogen-bond acceptors (Lipinski definition) is 7. The average Bonchev–Trinajstić information content (AvgIpc) is 3.88. The molecule has 0 spiro atoms. The van der Waals surface area contributed by atoms with Crippen molar-refractivity contribution in [2.75, 3.05) is 9.80 Å². The van der Waals surface area contributed by atoms with Crippen molar-refractivity contribution in [2.24, 2.45) is 23.7 Å². The Kier molecular flexibility index (Phi) is 7.84. The summed E-state index contributed by atoms with van der Waals surface area (Å²) < 4.78 is 5.96. The summed E-state index contributed by atoms with van der Waals surface area (Å²) in [5, 5.41) is 14.0. The summed E-state index contributed by atoms with van der Waals surface area (Å²) in [7, 11) is 0. The molecule has 1 aromatic heterocycles. The first kappa shape index (κ1) is 35.3. The van der Waals surface area contributed by atoms with E-state index in [1.54, 1.807) is 48.5 Å². The van der Waals surface area contributed by atoms with Crippen LogP contribution in [0.2, 0.25) is 5.02 Å². The molecule has 288 valence electrons. The number of hydrogen-bond donors (Lipinski definition) is 1. The van der Waals surface area contributed by atoms with Crippen LogP contribution in [0.3, 0.4) is 0 Å². The van der Waals surface area contributed by atoms with Crippen LogP contribution in [-0.2, 0) is 24.6 Å². The highest BCUT2D eigenvalue weighted by molar-refractivity contribution is 6.32. The molecule has 3 fully saturated rings. The molecule has 11 rings (SSSR count). The monoisotopic (exact) mass is 795 g/mol. The molecule has 2 aliphatic carbocycles. The van der Waals surface area contributed by atoms with Gasteiger partial charge in [0.2, 0.25) is 29.5 Å². The molecule has 2 aliphatic heterocycles. The minimum Gasteiger partial charge on any atom is -0.507 e. The Labute approximate surface area is 343 Å². The minimum atomic E-state index is -1.51. The zero-order chi connectivity index (χ0) is 40.2. The summed E-state index contributed by atoms with van der Waals surface area (Å²) >= 11 is 6.46. The van der Waals surface area contributed by atoms with E-state index in [4.69, 9.17) is 16.0 Å². The summed E-state index contributed by atoms with van der Waals surface area (Å²) in [5.74, 6) is -5.01. The average molecular weight is 796 g/mol. The van der Waals surface area contributed by atoms with Gasteiger partial charge >= 0.3 is 0 Å². The molecule has 1 saturated carbocycles. The van der Waals surface area contributed by atoms with Crippen molar-refractivity contribution in [1.82, 2.24) is 4.98 Å². The van der Waals surface area contributed by atoms with Gasteiger partial charge in [-0.15, -0.1) is 0 Å². The van der Waals surface area contributed by atoms with Gasteiger partial charge in [0, 0.05) is 27.5 Å². The number of allylic oxidation sites excluding steroid dienone is 2. The molecule has 59 heavy (non-hydrogen) atoms. The van der Waals surface area contributed by atoms with E-state index in [1.807, 2.05) is 97.1 Å². The third kappa shape index (κ3) is 5.01. The number of phenolic OH excluding ortho intramolecular Hbond substituents is 1. The van der Waals surface area contributed by atoms with Crippen molar-refractivity contribution >= 4 is 68.5 Å². The summed E-state index contributed by atoms with van der Waals surface area (Å²) in [6, 6.07) is 41.7. The number of oxazole rings is 1. The number of rotatable bonds is 5. The first-order valence-electron chi connectivity index (χ1n) is 19.7. The maximum Gasteiger partial charge on any atom is 0.246 e. The fourth-order valence-electron chi connectivity index (χ4n) is 10.6. The molecule has 9 nitrogen and oxygen atoms in total. The molecular weight excluding hydrogens is 762 g/mol. The number of carbonyl (C=O) groups excluding carboxylic acids is 4. The van der Waals surface area contributed by atoms with E-state index in [1.165, 1.54) is 9.80 Å². The standard InChI is InChI=1S/C49H34ClN3O6/c50-30-12-8-13-32(25-30)53-46(56)38-26-37-34(42(49(38,48(53)58)29-10-2-1-3-11-29)36-22-19-27-9-4-5-14-33(27)43(36)54)23-24-35-41(37)47(57)52(45(35)55)31-20-17-28(18-21-31)44-51-39-15-6-7-16-40(39)59-44/h1-23,25,35,37-38,41-42,54H,24,26H2/t35-,37+,38-,41-,42+,49+/m0/s1. The van der Waals surface area contributed by atoms with Crippen LogP contribution in [0, 0.1) is 23.7 Å². The first-order chi connectivity index (χ1) is 28.8. The summed E-state index contributed by atoms with van der Waals surface area (Å²) in [6.45, 7) is 0. The fourth-order valence-corrected chi connectivity index (χ4v) is 10.8. The predicted molar refractivity (Wildman–Crippen MR) is 224 cm³/mol. The predicted octanol–water partition coefficient (Wildman–Crippen LogP) is 9.37. The van der Waals surface area contributed by atoms with Crippen LogP contribution in [0.15, 0.2) is 156 Å². The lowest BCUT2D eigenvalue weighted by atomic mass is 9.49. The zero-order valence-corrected chi connectivity index (χ0v) is 32.1. The van der Waals surface area contributed by atoms with Gasteiger partial charge in [0.25, 0.3) is 0 Å². The number of anilines is 2. The van der Waals surface area contributed by atoms with Gasteiger partial charge in [-0.3, -0.25) is 24.1 Å². The van der Waals surface area contributed by atoms with Gasteiger partial charge in [-0.1, -0.05) is 108 Å². The minimum absolute atomic E-state index is 0.00164. The number of benzene rings is 6. The number of fused-ring (bicyclic) bond motifs is 6. The highest BCUT2D eigenvalue weighted by Gasteiger charge is 2.70. The molecule has 4 aliphatic rings. The Hall–Kier alpha value is -6.84. The van der Waals surface area contributed by atoms with E-state index in [2.05, 4.69) is 4.98 Å². The Bertz CT molecular complexity index is 2930. The van der Waals surface area contributed by atoms with Gasteiger partial charge < -0.3 is 9.52 Å². The van der Waals surface area contributed by atoms with Crippen molar-refractivity contribution in [2.45, 2.75) is 24.2 Å². The van der Waals surface area contributed by atoms with Gasteiger partial charge in [-0.2, -0.15) is 0 Å². The number of halogens is 1.